The topological polar surface area (TPSA) is 12.0 Å². The molecule has 0 aromatic heterocycles. The molecule has 5 rings (SSSR count). The lowest BCUT2D eigenvalue weighted by molar-refractivity contribution is 0.170. The molecule has 4 fully saturated rings. The highest BCUT2D eigenvalue weighted by Gasteiger charge is 2.55. The van der Waals surface area contributed by atoms with Gasteiger partial charge in [0, 0.05) is 11.6 Å². The van der Waals surface area contributed by atoms with Gasteiger partial charge in [-0.1, -0.05) is 54.7 Å². The third-order valence-electron chi connectivity index (χ3n) is 10.1. The molecule has 0 aromatic carbocycles. The zero-order valence-electron chi connectivity index (χ0n) is 19.5. The molecule has 5 aliphatic rings. The Hall–Kier alpha value is -0.820. The number of piperidine rings is 1. The molecular formula is C28H43N. The average molecular weight is 394 g/mol. The fraction of sp³-hybridized carbons (Fsp3) is 0.786. The minimum atomic E-state index is 0.379. The second kappa shape index (κ2) is 6.84. The molecule has 0 radical (unpaired) electrons. The molecule has 1 heteroatoms. The second-order valence-corrected chi connectivity index (χ2v) is 12.4. The summed E-state index contributed by atoms with van der Waals surface area (Å²) in [7, 11) is 0. The minimum Gasteiger partial charge on any atom is -0.305 e. The standard InChI is InChI=1S/C28H43N/c1-19(2)21-10-13-26(4)16-22(14-20(3)24(26)15-21)25-9-8-23-17-28(11-6-7-12-28)18-27(23,5)29-25/h14,21,23,25,29H,1,6-13,15-18H2,2-5H3. The molecule has 0 bridgehead atoms. The first kappa shape index (κ1) is 20.1. The number of nitrogens with one attached hydrogen (secondary N) is 1. The van der Waals surface area contributed by atoms with Crippen molar-refractivity contribution in [2.24, 2.45) is 22.7 Å². The average Bonchev–Trinajstić information content (AvgIpc) is 3.22. The molecule has 1 N–H and O–H groups in total. The Morgan fingerprint density at radius 3 is 2.59 bits per heavy atom. The fourth-order valence-electron chi connectivity index (χ4n) is 8.54. The summed E-state index contributed by atoms with van der Waals surface area (Å²) in [6.07, 6.45) is 19.5. The van der Waals surface area contributed by atoms with Crippen LogP contribution in [0.1, 0.15) is 105 Å². The van der Waals surface area contributed by atoms with Crippen molar-refractivity contribution in [1.82, 2.24) is 5.32 Å². The van der Waals surface area contributed by atoms with Crippen LogP contribution in [-0.4, -0.2) is 11.6 Å². The van der Waals surface area contributed by atoms with Crippen molar-refractivity contribution < 1.29 is 0 Å². The first-order valence-corrected chi connectivity index (χ1v) is 12.6. The molecule has 0 aromatic rings. The highest BCUT2D eigenvalue weighted by Crippen LogP contribution is 2.60. The monoisotopic (exact) mass is 393 g/mol. The van der Waals surface area contributed by atoms with E-state index in [0.29, 0.717) is 28.3 Å². The maximum Gasteiger partial charge on any atom is 0.0288 e. The van der Waals surface area contributed by atoms with E-state index in [1.165, 1.54) is 82.6 Å². The molecule has 29 heavy (non-hydrogen) atoms. The van der Waals surface area contributed by atoms with Crippen molar-refractivity contribution in [3.63, 3.8) is 0 Å². The lowest BCUT2D eigenvalue weighted by atomic mass is 9.60. The Morgan fingerprint density at radius 1 is 1.10 bits per heavy atom. The van der Waals surface area contributed by atoms with Crippen LogP contribution in [0.2, 0.25) is 0 Å². The van der Waals surface area contributed by atoms with Gasteiger partial charge in [-0.05, 0) is 108 Å². The van der Waals surface area contributed by atoms with Crippen molar-refractivity contribution in [3.8, 4) is 0 Å². The first-order valence-electron chi connectivity index (χ1n) is 12.6. The van der Waals surface area contributed by atoms with Crippen molar-refractivity contribution >= 4 is 0 Å². The predicted molar refractivity (Wildman–Crippen MR) is 124 cm³/mol. The Labute approximate surface area is 179 Å². The lowest BCUT2D eigenvalue weighted by Crippen LogP contribution is -2.55. The predicted octanol–water partition coefficient (Wildman–Crippen LogP) is 7.50. The normalized spacial score (nSPS) is 43.9. The fourth-order valence-corrected chi connectivity index (χ4v) is 8.54. The summed E-state index contributed by atoms with van der Waals surface area (Å²) in [5.41, 5.74) is 7.88. The molecule has 4 aliphatic carbocycles. The van der Waals surface area contributed by atoms with Crippen molar-refractivity contribution in [3.05, 3.63) is 34.9 Å². The molecule has 5 unspecified atom stereocenters. The quantitative estimate of drug-likeness (QED) is 0.479. The summed E-state index contributed by atoms with van der Waals surface area (Å²) in [5.74, 6) is 1.62. The number of fused-ring (bicyclic) bond motifs is 2. The van der Waals surface area contributed by atoms with Gasteiger partial charge in [-0.15, -0.1) is 0 Å². The van der Waals surface area contributed by atoms with E-state index in [4.69, 9.17) is 0 Å². The van der Waals surface area contributed by atoms with Crippen LogP contribution < -0.4 is 5.32 Å². The molecular weight excluding hydrogens is 350 g/mol. The molecule has 1 nitrogen and oxygen atoms in total. The number of hydrogen-bond acceptors (Lipinski definition) is 1. The molecule has 1 aliphatic heterocycles. The van der Waals surface area contributed by atoms with Crippen molar-refractivity contribution in [1.29, 1.82) is 0 Å². The third kappa shape index (κ3) is 3.31. The largest absolute Gasteiger partial charge is 0.305 e. The van der Waals surface area contributed by atoms with Gasteiger partial charge in [0.15, 0.2) is 0 Å². The zero-order valence-corrected chi connectivity index (χ0v) is 19.5. The Kier molecular flexibility index (Phi) is 4.74. The van der Waals surface area contributed by atoms with Crippen molar-refractivity contribution in [2.75, 3.05) is 0 Å². The molecule has 1 saturated heterocycles. The molecule has 1 spiro atoms. The van der Waals surface area contributed by atoms with E-state index in [2.05, 4.69) is 45.7 Å². The van der Waals surface area contributed by atoms with Crippen LogP contribution in [-0.2, 0) is 0 Å². The van der Waals surface area contributed by atoms with E-state index in [0.717, 1.165) is 5.92 Å². The van der Waals surface area contributed by atoms with Gasteiger partial charge in [0.2, 0.25) is 0 Å². The summed E-state index contributed by atoms with van der Waals surface area (Å²) in [4.78, 5) is 0. The molecule has 0 amide bonds. The van der Waals surface area contributed by atoms with Gasteiger partial charge in [-0.3, -0.25) is 0 Å². The van der Waals surface area contributed by atoms with E-state index in [9.17, 15) is 0 Å². The SMILES string of the molecule is C=C(C)C1CCC2(C)CC(C3CCC4CC5(CCCC5)CC4(C)N3)=CC(C)=C2C1. The van der Waals surface area contributed by atoms with E-state index in [1.54, 1.807) is 16.7 Å². The van der Waals surface area contributed by atoms with E-state index < -0.39 is 0 Å². The highest BCUT2D eigenvalue weighted by molar-refractivity contribution is 5.41. The van der Waals surface area contributed by atoms with Gasteiger partial charge in [-0.2, -0.15) is 0 Å². The van der Waals surface area contributed by atoms with Gasteiger partial charge in [0.05, 0.1) is 0 Å². The van der Waals surface area contributed by atoms with Crippen LogP contribution in [0.4, 0.5) is 0 Å². The van der Waals surface area contributed by atoms with E-state index in [1.807, 2.05) is 0 Å². The van der Waals surface area contributed by atoms with Gasteiger partial charge < -0.3 is 5.32 Å². The number of hydrogen-bond donors (Lipinski definition) is 1. The summed E-state index contributed by atoms with van der Waals surface area (Å²) in [6.45, 7) is 14.0. The molecule has 160 valence electrons. The summed E-state index contributed by atoms with van der Waals surface area (Å²) >= 11 is 0. The first-order chi connectivity index (χ1) is 13.7. The van der Waals surface area contributed by atoms with Crippen LogP contribution in [0.5, 0.6) is 0 Å². The van der Waals surface area contributed by atoms with E-state index >= 15 is 0 Å². The van der Waals surface area contributed by atoms with Gasteiger partial charge >= 0.3 is 0 Å². The summed E-state index contributed by atoms with van der Waals surface area (Å²) in [6, 6.07) is 0.611. The summed E-state index contributed by atoms with van der Waals surface area (Å²) in [5, 5.41) is 4.27. The Morgan fingerprint density at radius 2 is 1.86 bits per heavy atom. The maximum atomic E-state index is 4.27. The van der Waals surface area contributed by atoms with Gasteiger partial charge in [0.25, 0.3) is 0 Å². The maximum absolute atomic E-state index is 4.27. The van der Waals surface area contributed by atoms with Gasteiger partial charge in [-0.25, -0.2) is 0 Å². The second-order valence-electron chi connectivity index (χ2n) is 12.4. The zero-order chi connectivity index (χ0) is 20.4. The molecule has 3 saturated carbocycles. The van der Waals surface area contributed by atoms with Crippen LogP contribution in [0.15, 0.2) is 34.9 Å². The Balaban J connectivity index is 1.37. The lowest BCUT2D eigenvalue weighted by Gasteiger charge is -2.48. The van der Waals surface area contributed by atoms with Crippen LogP contribution in [0.25, 0.3) is 0 Å². The Bertz CT molecular complexity index is 763. The molecule has 1 heterocycles. The molecule has 5 atom stereocenters. The van der Waals surface area contributed by atoms with Crippen LogP contribution in [0, 0.1) is 22.7 Å². The van der Waals surface area contributed by atoms with Gasteiger partial charge in [0.1, 0.15) is 0 Å². The summed E-state index contributed by atoms with van der Waals surface area (Å²) < 4.78 is 0. The number of allylic oxidation sites excluding steroid dienone is 4. The van der Waals surface area contributed by atoms with E-state index in [-0.39, 0.29) is 0 Å². The highest BCUT2D eigenvalue weighted by atomic mass is 15.0. The third-order valence-corrected chi connectivity index (χ3v) is 10.1. The number of rotatable bonds is 2. The minimum absolute atomic E-state index is 0.379. The smallest absolute Gasteiger partial charge is 0.0288 e. The van der Waals surface area contributed by atoms with Crippen LogP contribution in [0.3, 0.4) is 0 Å². The van der Waals surface area contributed by atoms with Crippen LogP contribution >= 0.6 is 0 Å². The van der Waals surface area contributed by atoms with Crippen molar-refractivity contribution in [2.45, 2.75) is 116 Å².